The fourth-order valence-corrected chi connectivity index (χ4v) is 2.52. The molecule has 0 heterocycles. The number of rotatable bonds is 9. The predicted molar refractivity (Wildman–Crippen MR) is 72.8 cm³/mol. The van der Waals surface area contributed by atoms with Gasteiger partial charge in [-0.3, -0.25) is 0 Å². The second-order valence-corrected chi connectivity index (χ2v) is 5.24. The van der Waals surface area contributed by atoms with Crippen LogP contribution in [0, 0.1) is 0 Å². The van der Waals surface area contributed by atoms with Crippen LogP contribution in [0.25, 0.3) is 0 Å². The van der Waals surface area contributed by atoms with Crippen molar-refractivity contribution in [3.8, 4) is 0 Å². The number of hydrogen-bond donors (Lipinski definition) is 2. The van der Waals surface area contributed by atoms with Crippen molar-refractivity contribution in [2.45, 2.75) is 57.1 Å². The summed E-state index contributed by atoms with van der Waals surface area (Å²) in [5.74, 6) is 0. The molecule has 0 aromatic heterocycles. The van der Waals surface area contributed by atoms with Crippen LogP contribution in [0.4, 0.5) is 0 Å². The Balaban J connectivity index is 2.14. The van der Waals surface area contributed by atoms with E-state index < -0.39 is 0 Å². The Hall–Kier alpha value is -0.160. The summed E-state index contributed by atoms with van der Waals surface area (Å²) < 4.78 is 11.3. The Morgan fingerprint density at radius 1 is 1.33 bits per heavy atom. The first kappa shape index (κ1) is 15.9. The van der Waals surface area contributed by atoms with Crippen molar-refractivity contribution in [3.63, 3.8) is 0 Å². The monoisotopic (exact) mass is 259 g/mol. The molecule has 1 fully saturated rings. The number of aliphatic hydroxyl groups excluding tert-OH is 1. The average Bonchev–Trinajstić information content (AvgIpc) is 2.43. The summed E-state index contributed by atoms with van der Waals surface area (Å²) in [5.41, 5.74) is -0.133. The van der Waals surface area contributed by atoms with Gasteiger partial charge in [0, 0.05) is 12.1 Å². The van der Waals surface area contributed by atoms with Crippen LogP contribution in [-0.2, 0) is 9.47 Å². The highest BCUT2D eigenvalue weighted by Crippen LogP contribution is 2.29. The Labute approximate surface area is 111 Å². The van der Waals surface area contributed by atoms with Gasteiger partial charge < -0.3 is 19.9 Å². The lowest BCUT2D eigenvalue weighted by Gasteiger charge is -2.39. The molecule has 0 amide bonds. The standard InChI is InChI=1S/C14H29NO3/c1-3-4-8-17-9-10-18-13-6-5-7-14(11-13,12-16)15-2/h13,15-16H,3-12H2,1-2H3. The van der Waals surface area contributed by atoms with Crippen LogP contribution in [0.5, 0.6) is 0 Å². The summed E-state index contributed by atoms with van der Waals surface area (Å²) >= 11 is 0. The van der Waals surface area contributed by atoms with Gasteiger partial charge in [0.2, 0.25) is 0 Å². The zero-order valence-corrected chi connectivity index (χ0v) is 11.9. The predicted octanol–water partition coefficient (Wildman–Crippen LogP) is 1.71. The topological polar surface area (TPSA) is 50.7 Å². The van der Waals surface area contributed by atoms with E-state index in [0.29, 0.717) is 13.2 Å². The molecule has 0 spiro atoms. The highest BCUT2D eigenvalue weighted by molar-refractivity contribution is 4.92. The van der Waals surface area contributed by atoms with Gasteiger partial charge in [0.05, 0.1) is 25.9 Å². The SMILES string of the molecule is CCCCOCCOC1CCCC(CO)(NC)C1. The molecular formula is C14H29NO3. The third kappa shape index (κ3) is 5.22. The molecule has 0 aromatic rings. The van der Waals surface area contributed by atoms with Crippen molar-refractivity contribution < 1.29 is 14.6 Å². The summed E-state index contributed by atoms with van der Waals surface area (Å²) in [5, 5.41) is 12.7. The van der Waals surface area contributed by atoms with E-state index >= 15 is 0 Å². The Kier molecular flexibility index (Phi) is 7.82. The van der Waals surface area contributed by atoms with E-state index in [-0.39, 0.29) is 18.2 Å². The molecule has 0 saturated heterocycles. The van der Waals surface area contributed by atoms with E-state index in [4.69, 9.17) is 9.47 Å². The fraction of sp³-hybridized carbons (Fsp3) is 1.00. The average molecular weight is 259 g/mol. The summed E-state index contributed by atoms with van der Waals surface area (Å²) in [6, 6.07) is 0. The number of hydrogen-bond acceptors (Lipinski definition) is 4. The largest absolute Gasteiger partial charge is 0.394 e. The van der Waals surface area contributed by atoms with Gasteiger partial charge in [0.15, 0.2) is 0 Å². The molecule has 0 radical (unpaired) electrons. The molecule has 1 aliphatic carbocycles. The summed E-state index contributed by atoms with van der Waals surface area (Å²) in [6.45, 7) is 4.54. The van der Waals surface area contributed by atoms with E-state index in [1.807, 2.05) is 7.05 Å². The Morgan fingerprint density at radius 3 is 2.83 bits per heavy atom. The van der Waals surface area contributed by atoms with Crippen molar-refractivity contribution >= 4 is 0 Å². The lowest BCUT2D eigenvalue weighted by Crippen LogP contribution is -2.51. The molecule has 2 atom stereocenters. The lowest BCUT2D eigenvalue weighted by atomic mass is 9.81. The van der Waals surface area contributed by atoms with Gasteiger partial charge in [0.25, 0.3) is 0 Å². The quantitative estimate of drug-likeness (QED) is 0.619. The van der Waals surface area contributed by atoms with Crippen molar-refractivity contribution in [1.82, 2.24) is 5.32 Å². The molecule has 0 aromatic carbocycles. The zero-order chi connectivity index (χ0) is 13.3. The molecule has 2 unspecified atom stereocenters. The van der Waals surface area contributed by atoms with Gasteiger partial charge in [0.1, 0.15) is 0 Å². The van der Waals surface area contributed by atoms with E-state index in [0.717, 1.165) is 38.7 Å². The molecule has 1 saturated carbocycles. The maximum absolute atomic E-state index is 9.49. The molecule has 4 heteroatoms. The minimum absolute atomic E-state index is 0.133. The van der Waals surface area contributed by atoms with Crippen molar-refractivity contribution in [2.75, 3.05) is 33.5 Å². The van der Waals surface area contributed by atoms with Crippen LogP contribution in [0.2, 0.25) is 0 Å². The highest BCUT2D eigenvalue weighted by atomic mass is 16.5. The number of likely N-dealkylation sites (N-methyl/N-ethyl adjacent to an activating group) is 1. The molecule has 1 rings (SSSR count). The van der Waals surface area contributed by atoms with Crippen LogP contribution >= 0.6 is 0 Å². The van der Waals surface area contributed by atoms with E-state index in [1.54, 1.807) is 0 Å². The van der Waals surface area contributed by atoms with Crippen molar-refractivity contribution in [3.05, 3.63) is 0 Å². The van der Waals surface area contributed by atoms with Crippen LogP contribution in [0.1, 0.15) is 45.4 Å². The third-order valence-corrected chi connectivity index (χ3v) is 3.86. The van der Waals surface area contributed by atoms with Crippen LogP contribution in [-0.4, -0.2) is 50.2 Å². The number of aliphatic hydroxyl groups is 1. The normalized spacial score (nSPS) is 28.5. The maximum atomic E-state index is 9.49. The number of nitrogens with one attached hydrogen (secondary N) is 1. The van der Waals surface area contributed by atoms with Crippen molar-refractivity contribution in [1.29, 1.82) is 0 Å². The second kappa shape index (κ2) is 8.86. The van der Waals surface area contributed by atoms with Gasteiger partial charge in [-0.05, 0) is 39.2 Å². The minimum atomic E-state index is -0.133. The van der Waals surface area contributed by atoms with E-state index in [2.05, 4.69) is 12.2 Å². The summed E-state index contributed by atoms with van der Waals surface area (Å²) in [4.78, 5) is 0. The van der Waals surface area contributed by atoms with E-state index in [1.165, 1.54) is 6.42 Å². The molecule has 0 bridgehead atoms. The first-order chi connectivity index (χ1) is 8.76. The van der Waals surface area contributed by atoms with Crippen LogP contribution in [0.3, 0.4) is 0 Å². The van der Waals surface area contributed by atoms with Crippen LogP contribution < -0.4 is 5.32 Å². The van der Waals surface area contributed by atoms with Gasteiger partial charge in [-0.1, -0.05) is 13.3 Å². The number of unbranched alkanes of at least 4 members (excludes halogenated alkanes) is 1. The lowest BCUT2D eigenvalue weighted by molar-refractivity contribution is -0.0366. The Morgan fingerprint density at radius 2 is 2.17 bits per heavy atom. The molecule has 4 nitrogen and oxygen atoms in total. The molecular weight excluding hydrogens is 230 g/mol. The molecule has 18 heavy (non-hydrogen) atoms. The first-order valence-corrected chi connectivity index (χ1v) is 7.25. The summed E-state index contributed by atoms with van der Waals surface area (Å²) in [7, 11) is 1.92. The third-order valence-electron chi connectivity index (χ3n) is 3.86. The van der Waals surface area contributed by atoms with Crippen molar-refractivity contribution in [2.24, 2.45) is 0 Å². The summed E-state index contributed by atoms with van der Waals surface area (Å²) in [6.07, 6.45) is 6.69. The Bertz CT molecular complexity index is 207. The molecule has 0 aliphatic heterocycles. The molecule has 108 valence electrons. The molecule has 1 aliphatic rings. The fourth-order valence-electron chi connectivity index (χ4n) is 2.52. The number of ether oxygens (including phenoxy) is 2. The second-order valence-electron chi connectivity index (χ2n) is 5.24. The van der Waals surface area contributed by atoms with E-state index in [9.17, 15) is 5.11 Å². The minimum Gasteiger partial charge on any atom is -0.394 e. The zero-order valence-electron chi connectivity index (χ0n) is 11.9. The van der Waals surface area contributed by atoms with Crippen LogP contribution in [0.15, 0.2) is 0 Å². The maximum Gasteiger partial charge on any atom is 0.0704 e. The van der Waals surface area contributed by atoms with Gasteiger partial charge >= 0.3 is 0 Å². The first-order valence-electron chi connectivity index (χ1n) is 7.25. The van der Waals surface area contributed by atoms with Gasteiger partial charge in [-0.2, -0.15) is 0 Å². The molecule has 2 N–H and O–H groups in total. The smallest absolute Gasteiger partial charge is 0.0704 e. The highest BCUT2D eigenvalue weighted by Gasteiger charge is 2.34. The van der Waals surface area contributed by atoms with Gasteiger partial charge in [-0.15, -0.1) is 0 Å². The van der Waals surface area contributed by atoms with Gasteiger partial charge in [-0.25, -0.2) is 0 Å².